The average Bonchev–Trinajstić information content (AvgIpc) is 2.70. The van der Waals surface area contributed by atoms with Gasteiger partial charge in [-0.2, -0.15) is 0 Å². The third-order valence-electron chi connectivity index (χ3n) is 2.85. The van der Waals surface area contributed by atoms with Crippen molar-refractivity contribution in [3.05, 3.63) is 18.2 Å². The molecule has 4 heteroatoms. The molecule has 0 atom stereocenters. The molecule has 2 heterocycles. The van der Waals surface area contributed by atoms with Gasteiger partial charge in [-0.3, -0.25) is 0 Å². The van der Waals surface area contributed by atoms with E-state index in [0.29, 0.717) is 6.04 Å². The van der Waals surface area contributed by atoms with Crippen molar-refractivity contribution in [2.24, 2.45) is 0 Å². The first-order chi connectivity index (χ1) is 6.84. The van der Waals surface area contributed by atoms with Gasteiger partial charge in [0.2, 0.25) is 0 Å². The monoisotopic (exact) mass is 194 g/mol. The van der Waals surface area contributed by atoms with Crippen LogP contribution in [0.15, 0.2) is 12.5 Å². The Labute approximate surface area is 84.7 Å². The summed E-state index contributed by atoms with van der Waals surface area (Å²) < 4.78 is 0. The van der Waals surface area contributed by atoms with E-state index < -0.39 is 0 Å². The average molecular weight is 194 g/mol. The van der Waals surface area contributed by atoms with Crippen LogP contribution in [-0.2, 0) is 6.54 Å². The van der Waals surface area contributed by atoms with E-state index in [4.69, 9.17) is 0 Å². The Morgan fingerprint density at radius 1 is 1.57 bits per heavy atom. The molecule has 4 nitrogen and oxygen atoms in total. The molecule has 0 saturated carbocycles. The van der Waals surface area contributed by atoms with Crippen molar-refractivity contribution in [2.75, 3.05) is 20.1 Å². The first-order valence-corrected chi connectivity index (χ1v) is 5.24. The van der Waals surface area contributed by atoms with Gasteiger partial charge >= 0.3 is 0 Å². The lowest BCUT2D eigenvalue weighted by Gasteiger charge is -2.29. The van der Waals surface area contributed by atoms with Crippen LogP contribution in [-0.4, -0.2) is 41.0 Å². The fourth-order valence-electron chi connectivity index (χ4n) is 1.85. The Hall–Kier alpha value is -0.870. The van der Waals surface area contributed by atoms with Crippen LogP contribution >= 0.6 is 0 Å². The van der Waals surface area contributed by atoms with E-state index in [-0.39, 0.29) is 0 Å². The van der Waals surface area contributed by atoms with Gasteiger partial charge in [0.25, 0.3) is 0 Å². The largest absolute Gasteiger partial charge is 0.347 e. The summed E-state index contributed by atoms with van der Waals surface area (Å²) >= 11 is 0. The summed E-state index contributed by atoms with van der Waals surface area (Å²) in [7, 11) is 2.19. The van der Waals surface area contributed by atoms with Crippen LogP contribution in [0.2, 0.25) is 0 Å². The smallest absolute Gasteiger partial charge is 0.0922 e. The maximum absolute atomic E-state index is 3.99. The minimum Gasteiger partial charge on any atom is -0.347 e. The molecule has 0 aromatic carbocycles. The number of piperidine rings is 1. The molecule has 1 fully saturated rings. The van der Waals surface area contributed by atoms with Crippen molar-refractivity contribution in [1.82, 2.24) is 20.2 Å². The second kappa shape index (κ2) is 4.57. The molecule has 78 valence electrons. The Bertz CT molecular complexity index is 249. The molecule has 1 aromatic heterocycles. The van der Waals surface area contributed by atoms with E-state index in [2.05, 4.69) is 27.2 Å². The fraction of sp³-hybridized carbons (Fsp3) is 0.700. The van der Waals surface area contributed by atoms with E-state index in [0.717, 1.165) is 6.54 Å². The molecular formula is C10H18N4. The van der Waals surface area contributed by atoms with Crippen molar-refractivity contribution in [3.8, 4) is 0 Å². The molecular weight excluding hydrogens is 176 g/mol. The van der Waals surface area contributed by atoms with Gasteiger partial charge in [-0.15, -0.1) is 0 Å². The number of hydrogen-bond donors (Lipinski definition) is 2. The van der Waals surface area contributed by atoms with Crippen LogP contribution in [0.1, 0.15) is 18.5 Å². The van der Waals surface area contributed by atoms with Gasteiger partial charge in [-0.25, -0.2) is 4.98 Å². The van der Waals surface area contributed by atoms with Crippen LogP contribution in [0.5, 0.6) is 0 Å². The van der Waals surface area contributed by atoms with Crippen molar-refractivity contribution < 1.29 is 0 Å². The minimum atomic E-state index is 0.675. The molecule has 14 heavy (non-hydrogen) atoms. The second-order valence-electron chi connectivity index (χ2n) is 4.04. The maximum Gasteiger partial charge on any atom is 0.0922 e. The van der Waals surface area contributed by atoms with Crippen LogP contribution < -0.4 is 5.32 Å². The quantitative estimate of drug-likeness (QED) is 0.740. The highest BCUT2D eigenvalue weighted by atomic mass is 15.1. The number of nitrogens with one attached hydrogen (secondary N) is 2. The Kier molecular flexibility index (Phi) is 3.16. The highest BCUT2D eigenvalue weighted by Crippen LogP contribution is 2.08. The number of hydrogen-bond acceptors (Lipinski definition) is 3. The Morgan fingerprint density at radius 3 is 3.00 bits per heavy atom. The molecule has 0 radical (unpaired) electrons. The third kappa shape index (κ3) is 2.56. The van der Waals surface area contributed by atoms with Crippen LogP contribution in [0.3, 0.4) is 0 Å². The molecule has 1 saturated heterocycles. The van der Waals surface area contributed by atoms with Gasteiger partial charge < -0.3 is 15.2 Å². The number of imidazole rings is 1. The van der Waals surface area contributed by atoms with Gasteiger partial charge in [0.15, 0.2) is 0 Å². The fourth-order valence-corrected chi connectivity index (χ4v) is 1.85. The van der Waals surface area contributed by atoms with Gasteiger partial charge in [-0.05, 0) is 33.0 Å². The van der Waals surface area contributed by atoms with Gasteiger partial charge in [0.1, 0.15) is 0 Å². The minimum absolute atomic E-state index is 0.675. The summed E-state index contributed by atoms with van der Waals surface area (Å²) in [5.74, 6) is 0. The molecule has 0 spiro atoms. The van der Waals surface area contributed by atoms with Crippen molar-refractivity contribution >= 4 is 0 Å². The predicted octanol–water partition coefficient (Wildman–Crippen LogP) is 0.593. The summed E-state index contributed by atoms with van der Waals surface area (Å²) in [6.07, 6.45) is 6.11. The van der Waals surface area contributed by atoms with Crippen LogP contribution in [0.4, 0.5) is 0 Å². The second-order valence-corrected chi connectivity index (χ2v) is 4.04. The maximum atomic E-state index is 3.99. The standard InChI is InChI=1S/C10H18N4/c1-14-4-2-9(3-5-14)12-7-10-6-11-8-13-10/h6,8-9,12H,2-5,7H2,1H3,(H,11,13). The van der Waals surface area contributed by atoms with Crippen molar-refractivity contribution in [2.45, 2.75) is 25.4 Å². The molecule has 0 bridgehead atoms. The van der Waals surface area contributed by atoms with Crippen LogP contribution in [0.25, 0.3) is 0 Å². The van der Waals surface area contributed by atoms with Crippen molar-refractivity contribution in [1.29, 1.82) is 0 Å². The first kappa shape index (κ1) is 9.68. The first-order valence-electron chi connectivity index (χ1n) is 5.24. The lowest BCUT2D eigenvalue weighted by molar-refractivity contribution is 0.234. The Morgan fingerprint density at radius 2 is 2.36 bits per heavy atom. The van der Waals surface area contributed by atoms with Crippen molar-refractivity contribution in [3.63, 3.8) is 0 Å². The molecule has 1 aromatic rings. The molecule has 0 unspecified atom stereocenters. The predicted molar refractivity (Wildman–Crippen MR) is 55.9 cm³/mol. The van der Waals surface area contributed by atoms with E-state index >= 15 is 0 Å². The van der Waals surface area contributed by atoms with E-state index in [1.54, 1.807) is 6.33 Å². The zero-order valence-electron chi connectivity index (χ0n) is 8.66. The number of H-pyrrole nitrogens is 1. The zero-order valence-corrected chi connectivity index (χ0v) is 8.66. The van der Waals surface area contributed by atoms with Gasteiger partial charge in [-0.1, -0.05) is 0 Å². The zero-order chi connectivity index (χ0) is 9.80. The molecule has 0 amide bonds. The number of aromatic amines is 1. The summed E-state index contributed by atoms with van der Waals surface area (Å²) in [6, 6.07) is 0.675. The highest BCUT2D eigenvalue weighted by molar-refractivity contribution is 4.94. The van der Waals surface area contributed by atoms with Gasteiger partial charge in [0, 0.05) is 24.5 Å². The normalized spacial score (nSPS) is 20.1. The number of rotatable bonds is 3. The molecule has 2 N–H and O–H groups in total. The molecule has 1 aliphatic heterocycles. The lowest BCUT2D eigenvalue weighted by Crippen LogP contribution is -2.40. The SMILES string of the molecule is CN1CCC(NCc2cnc[nH]2)CC1. The van der Waals surface area contributed by atoms with E-state index in [1.807, 2.05) is 6.20 Å². The summed E-state index contributed by atoms with van der Waals surface area (Å²) in [5.41, 5.74) is 1.17. The number of likely N-dealkylation sites (tertiary alicyclic amines) is 1. The van der Waals surface area contributed by atoms with Crippen LogP contribution in [0, 0.1) is 0 Å². The van der Waals surface area contributed by atoms with E-state index in [1.165, 1.54) is 31.6 Å². The Balaban J connectivity index is 1.71. The topological polar surface area (TPSA) is 44.0 Å². The number of nitrogens with zero attached hydrogens (tertiary/aromatic N) is 2. The molecule has 2 rings (SSSR count). The summed E-state index contributed by atoms with van der Waals surface area (Å²) in [4.78, 5) is 9.48. The van der Waals surface area contributed by atoms with E-state index in [9.17, 15) is 0 Å². The van der Waals surface area contributed by atoms with Gasteiger partial charge in [0.05, 0.1) is 6.33 Å². The summed E-state index contributed by atoms with van der Waals surface area (Å²) in [6.45, 7) is 3.33. The highest BCUT2D eigenvalue weighted by Gasteiger charge is 2.15. The third-order valence-corrected chi connectivity index (χ3v) is 2.85. The molecule has 1 aliphatic rings. The lowest BCUT2D eigenvalue weighted by atomic mass is 10.1. The number of aromatic nitrogens is 2. The summed E-state index contributed by atoms with van der Waals surface area (Å²) in [5, 5.41) is 3.55. The molecule has 0 aliphatic carbocycles.